The molecule has 0 saturated carbocycles. The molecule has 10 nitrogen and oxygen atoms in total. The molecule has 14 heteroatoms. The van der Waals surface area contributed by atoms with Gasteiger partial charge in [-0.1, -0.05) is 47.1 Å². The zero-order valence-electron chi connectivity index (χ0n) is 19.0. The molecule has 2 aromatic carbocycles. The molecule has 0 aliphatic carbocycles. The third-order valence-electron chi connectivity index (χ3n) is 5.09. The Morgan fingerprint density at radius 2 is 1.92 bits per heavy atom. The second kappa shape index (κ2) is 10.8. The summed E-state index contributed by atoms with van der Waals surface area (Å²) in [4.78, 5) is 23.8. The van der Waals surface area contributed by atoms with Crippen molar-refractivity contribution in [1.29, 1.82) is 0 Å². The minimum atomic E-state index is -4.81. The molecule has 4 rings (SSSR count). The van der Waals surface area contributed by atoms with Gasteiger partial charge in [-0.3, -0.25) is 4.79 Å². The van der Waals surface area contributed by atoms with E-state index in [0.717, 1.165) is 0 Å². The van der Waals surface area contributed by atoms with Crippen molar-refractivity contribution in [3.8, 4) is 11.5 Å². The lowest BCUT2D eigenvalue weighted by atomic mass is 10.1. The number of carbonyl (C=O) groups is 1. The largest absolute Gasteiger partial charge is 0.455 e. The maximum atomic E-state index is 13.0. The molecular weight excluding hydrogens is 515 g/mol. The highest BCUT2D eigenvalue weighted by Crippen LogP contribution is 2.33. The molecule has 0 aliphatic rings. The molecule has 4 aromatic rings. The second-order valence-corrected chi connectivity index (χ2v) is 7.97. The maximum absolute atomic E-state index is 13.0. The fourth-order valence-corrected chi connectivity index (χ4v) is 3.55. The van der Waals surface area contributed by atoms with Crippen LogP contribution in [-0.2, 0) is 6.18 Å². The van der Waals surface area contributed by atoms with E-state index in [-0.39, 0.29) is 40.4 Å². The molecule has 0 unspecified atom stereocenters. The van der Waals surface area contributed by atoms with Gasteiger partial charge in [-0.25, -0.2) is 4.98 Å². The summed E-state index contributed by atoms with van der Waals surface area (Å²) in [6.45, 7) is -0.357. The zero-order chi connectivity index (χ0) is 26.6. The number of benzene rings is 2. The minimum absolute atomic E-state index is 0.0177. The Balaban J connectivity index is 1.70. The number of aliphatic hydroxyl groups is 1. The molecule has 0 radical (unpaired) electrons. The molecular formula is C23H19ClF3N7O3. The summed E-state index contributed by atoms with van der Waals surface area (Å²) in [5, 5.41) is 21.5. The van der Waals surface area contributed by atoms with E-state index in [4.69, 9.17) is 16.1 Å². The first kappa shape index (κ1) is 25.9. The standard InChI is InChI=1S/C23H19ClF3N7O3/c1-28-19(36)14-8-7-13(9-16(14)24)30-22-29-10-15(20-33-21(34-37-20)23(25,26)27)18(32-22)31-17(11-35)12-5-3-2-4-6-12/h2-10,17,35H,11H2,1H3,(H,28,36)(H2,29,30,31,32)/t17-/m1/s1. The summed E-state index contributed by atoms with van der Waals surface area (Å²) in [7, 11) is 1.48. The van der Waals surface area contributed by atoms with E-state index in [0.29, 0.717) is 11.3 Å². The second-order valence-electron chi connectivity index (χ2n) is 7.57. The van der Waals surface area contributed by atoms with Gasteiger partial charge >= 0.3 is 6.18 Å². The monoisotopic (exact) mass is 533 g/mol. The van der Waals surface area contributed by atoms with Crippen LogP contribution in [0.4, 0.5) is 30.6 Å². The van der Waals surface area contributed by atoms with Gasteiger partial charge in [0, 0.05) is 18.9 Å². The highest BCUT2D eigenvalue weighted by molar-refractivity contribution is 6.34. The van der Waals surface area contributed by atoms with Gasteiger partial charge in [0.25, 0.3) is 17.6 Å². The van der Waals surface area contributed by atoms with E-state index < -0.39 is 23.9 Å². The van der Waals surface area contributed by atoms with Crippen molar-refractivity contribution in [3.05, 3.63) is 76.7 Å². The quantitative estimate of drug-likeness (QED) is 0.259. The number of rotatable bonds is 8. The normalized spacial score (nSPS) is 12.2. The molecule has 0 bridgehead atoms. The number of alkyl halides is 3. The van der Waals surface area contributed by atoms with Gasteiger partial charge in [0.2, 0.25) is 5.95 Å². The van der Waals surface area contributed by atoms with Crippen LogP contribution in [0.25, 0.3) is 11.5 Å². The first-order chi connectivity index (χ1) is 17.7. The van der Waals surface area contributed by atoms with E-state index in [1.54, 1.807) is 36.4 Å². The molecule has 37 heavy (non-hydrogen) atoms. The van der Waals surface area contributed by atoms with Crippen LogP contribution in [0, 0.1) is 0 Å². The van der Waals surface area contributed by atoms with Crippen molar-refractivity contribution in [1.82, 2.24) is 25.4 Å². The van der Waals surface area contributed by atoms with Gasteiger partial charge < -0.3 is 25.6 Å². The van der Waals surface area contributed by atoms with Crippen molar-refractivity contribution in [2.24, 2.45) is 0 Å². The van der Waals surface area contributed by atoms with Crippen molar-refractivity contribution >= 4 is 35.0 Å². The van der Waals surface area contributed by atoms with Crippen LogP contribution in [-0.4, -0.2) is 44.8 Å². The Bertz CT molecular complexity index is 1400. The average molecular weight is 534 g/mol. The van der Waals surface area contributed by atoms with Crippen LogP contribution in [0.1, 0.15) is 27.8 Å². The third kappa shape index (κ3) is 5.95. The van der Waals surface area contributed by atoms with E-state index in [1.165, 1.54) is 25.4 Å². The van der Waals surface area contributed by atoms with Gasteiger partial charge in [0.1, 0.15) is 11.4 Å². The molecule has 2 heterocycles. The predicted octanol–water partition coefficient (Wildman–Crippen LogP) is 4.45. The smallest absolute Gasteiger partial charge is 0.394 e. The predicted molar refractivity (Wildman–Crippen MR) is 128 cm³/mol. The molecule has 0 fully saturated rings. The summed E-state index contributed by atoms with van der Waals surface area (Å²) in [5.74, 6) is -2.23. The van der Waals surface area contributed by atoms with Gasteiger partial charge in [-0.2, -0.15) is 23.1 Å². The number of nitrogens with one attached hydrogen (secondary N) is 3. The highest BCUT2D eigenvalue weighted by atomic mass is 35.5. The summed E-state index contributed by atoms with van der Waals surface area (Å²) in [5.41, 5.74) is 1.38. The van der Waals surface area contributed by atoms with E-state index >= 15 is 0 Å². The molecule has 0 saturated heterocycles. The van der Waals surface area contributed by atoms with Crippen LogP contribution in [0.2, 0.25) is 5.02 Å². The van der Waals surface area contributed by atoms with Crippen LogP contribution in [0.3, 0.4) is 0 Å². The highest BCUT2D eigenvalue weighted by Gasteiger charge is 2.37. The number of aliphatic hydroxyl groups excluding tert-OH is 1. The Morgan fingerprint density at radius 3 is 2.54 bits per heavy atom. The van der Waals surface area contributed by atoms with E-state index in [1.807, 2.05) is 0 Å². The van der Waals surface area contributed by atoms with Crippen LogP contribution >= 0.6 is 11.6 Å². The molecule has 4 N–H and O–H groups in total. The zero-order valence-corrected chi connectivity index (χ0v) is 19.8. The molecule has 1 atom stereocenters. The summed E-state index contributed by atoms with van der Waals surface area (Å²) >= 11 is 6.20. The van der Waals surface area contributed by atoms with Crippen LogP contribution in [0.5, 0.6) is 0 Å². The molecule has 0 spiro atoms. The topological polar surface area (TPSA) is 138 Å². The number of hydrogen-bond acceptors (Lipinski definition) is 9. The van der Waals surface area contributed by atoms with Crippen molar-refractivity contribution < 1.29 is 27.6 Å². The van der Waals surface area contributed by atoms with Crippen LogP contribution < -0.4 is 16.0 Å². The van der Waals surface area contributed by atoms with Gasteiger partial charge in [0.05, 0.1) is 23.2 Å². The summed E-state index contributed by atoms with van der Waals surface area (Å²) in [6.07, 6.45) is -3.61. The number of halogens is 4. The Morgan fingerprint density at radius 1 is 1.16 bits per heavy atom. The Hall–Kier alpha value is -4.23. The Labute approximate surface area is 212 Å². The summed E-state index contributed by atoms with van der Waals surface area (Å²) < 4.78 is 43.9. The fourth-order valence-electron chi connectivity index (χ4n) is 3.28. The minimum Gasteiger partial charge on any atom is -0.394 e. The van der Waals surface area contributed by atoms with Gasteiger partial charge in [-0.15, -0.1) is 0 Å². The first-order valence-electron chi connectivity index (χ1n) is 10.7. The van der Waals surface area contributed by atoms with E-state index in [9.17, 15) is 23.1 Å². The number of amides is 1. The lowest BCUT2D eigenvalue weighted by molar-refractivity contribution is -0.146. The van der Waals surface area contributed by atoms with Crippen molar-refractivity contribution in [2.45, 2.75) is 12.2 Å². The van der Waals surface area contributed by atoms with Crippen molar-refractivity contribution in [3.63, 3.8) is 0 Å². The SMILES string of the molecule is CNC(=O)c1ccc(Nc2ncc(-c3nc(C(F)(F)F)no3)c(N[C@H](CO)c3ccccc3)n2)cc1Cl. The maximum Gasteiger partial charge on any atom is 0.455 e. The third-order valence-corrected chi connectivity index (χ3v) is 5.40. The summed E-state index contributed by atoms with van der Waals surface area (Å²) in [6, 6.07) is 12.8. The van der Waals surface area contributed by atoms with E-state index in [2.05, 4.69) is 36.1 Å². The number of anilines is 3. The van der Waals surface area contributed by atoms with Crippen molar-refractivity contribution in [2.75, 3.05) is 24.3 Å². The van der Waals surface area contributed by atoms with Gasteiger partial charge in [0.15, 0.2) is 0 Å². The fraction of sp³-hybridized carbons (Fsp3) is 0.174. The first-order valence-corrected chi connectivity index (χ1v) is 11.1. The molecule has 192 valence electrons. The average Bonchev–Trinajstić information content (AvgIpc) is 3.38. The molecule has 2 aromatic heterocycles. The molecule has 1 amide bonds. The lowest BCUT2D eigenvalue weighted by Crippen LogP contribution is -2.18. The van der Waals surface area contributed by atoms with Gasteiger partial charge in [-0.05, 0) is 23.8 Å². The number of aromatic nitrogens is 4. The number of nitrogens with zero attached hydrogens (tertiary/aromatic N) is 4. The molecule has 0 aliphatic heterocycles. The number of carbonyl (C=O) groups excluding carboxylic acids is 1. The lowest BCUT2D eigenvalue weighted by Gasteiger charge is -2.19. The Kier molecular flexibility index (Phi) is 7.55. The van der Waals surface area contributed by atoms with Crippen LogP contribution in [0.15, 0.2) is 59.3 Å². The number of hydrogen-bond donors (Lipinski definition) is 4.